The van der Waals surface area contributed by atoms with Gasteiger partial charge in [0, 0.05) is 19.2 Å². The Bertz CT molecular complexity index is 1330. The number of hydrogen-bond acceptors (Lipinski definition) is 4. The molecule has 2 N–H and O–H groups in total. The normalized spacial score (nSPS) is 10.7. The van der Waals surface area contributed by atoms with Crippen LogP contribution in [0.15, 0.2) is 77.6 Å². The Morgan fingerprint density at radius 3 is 2.47 bits per heavy atom. The molecule has 0 fully saturated rings. The van der Waals surface area contributed by atoms with Crippen molar-refractivity contribution in [3.05, 3.63) is 99.0 Å². The first kappa shape index (κ1) is 19.6. The Morgan fingerprint density at radius 2 is 1.73 bits per heavy atom. The summed E-state index contributed by atoms with van der Waals surface area (Å²) in [5.74, 6) is 1.26. The Kier molecular flexibility index (Phi) is 5.45. The zero-order chi connectivity index (χ0) is 21.1. The van der Waals surface area contributed by atoms with Crippen LogP contribution in [-0.4, -0.2) is 15.5 Å². The first-order valence-electron chi connectivity index (χ1n) is 9.34. The minimum atomic E-state index is -0.235. The summed E-state index contributed by atoms with van der Waals surface area (Å²) in [4.78, 5) is 27.8. The average molecular weight is 417 g/mol. The van der Waals surface area contributed by atoms with Crippen molar-refractivity contribution in [3.8, 4) is 11.5 Å². The number of H-pyrrole nitrogens is 1. The van der Waals surface area contributed by atoms with Gasteiger partial charge in [0.1, 0.15) is 11.5 Å². The van der Waals surface area contributed by atoms with Crippen LogP contribution in [0.5, 0.6) is 11.5 Å². The summed E-state index contributed by atoms with van der Waals surface area (Å²) in [5, 5.41) is 3.37. The number of hydrogen-bond donors (Lipinski definition) is 2. The van der Waals surface area contributed by atoms with E-state index in [4.69, 9.17) is 17.0 Å². The third-order valence-corrected chi connectivity index (χ3v) is 5.09. The van der Waals surface area contributed by atoms with E-state index in [-0.39, 0.29) is 11.5 Å². The molecule has 0 aliphatic rings. The van der Waals surface area contributed by atoms with E-state index >= 15 is 0 Å². The fraction of sp³-hybridized carbons (Fsp3) is 0.0870. The number of nitrogens with one attached hydrogen (secondary N) is 2. The Hall–Kier alpha value is -3.71. The van der Waals surface area contributed by atoms with Crippen LogP contribution in [0, 0.1) is 4.77 Å². The second kappa shape index (κ2) is 8.34. The third-order valence-electron chi connectivity index (χ3n) is 4.72. The summed E-state index contributed by atoms with van der Waals surface area (Å²) < 4.78 is 7.44. The predicted octanol–water partition coefficient (Wildman–Crippen LogP) is 4.32. The topological polar surface area (TPSA) is 76.1 Å². The maximum absolute atomic E-state index is 12.5. The predicted molar refractivity (Wildman–Crippen MR) is 119 cm³/mol. The highest BCUT2D eigenvalue weighted by atomic mass is 32.1. The summed E-state index contributed by atoms with van der Waals surface area (Å²) in [6.07, 6.45) is 0. The first-order chi connectivity index (χ1) is 14.5. The van der Waals surface area contributed by atoms with E-state index in [0.29, 0.717) is 27.8 Å². The number of amides is 1. The third kappa shape index (κ3) is 4.16. The number of nitrogens with zero attached hydrogens (tertiary/aromatic N) is 1. The van der Waals surface area contributed by atoms with E-state index in [1.807, 2.05) is 54.6 Å². The molecule has 4 rings (SSSR count). The van der Waals surface area contributed by atoms with Gasteiger partial charge in [-0.05, 0) is 60.2 Å². The maximum Gasteiger partial charge on any atom is 0.261 e. The lowest BCUT2D eigenvalue weighted by molar-refractivity contribution is 0.0951. The van der Waals surface area contributed by atoms with Crippen LogP contribution in [0.3, 0.4) is 0 Å². The fourth-order valence-corrected chi connectivity index (χ4v) is 3.22. The fourth-order valence-electron chi connectivity index (χ4n) is 3.03. The second-order valence-corrected chi connectivity index (χ2v) is 7.18. The molecule has 0 unspecified atom stereocenters. The molecule has 7 heteroatoms. The molecule has 0 saturated heterocycles. The molecule has 1 aromatic heterocycles. The minimum Gasteiger partial charge on any atom is -0.457 e. The lowest BCUT2D eigenvalue weighted by Gasteiger charge is -2.09. The lowest BCUT2D eigenvalue weighted by atomic mass is 10.1. The summed E-state index contributed by atoms with van der Waals surface area (Å²) >= 11 is 5.14. The molecule has 3 aromatic carbocycles. The number of benzene rings is 3. The molecule has 0 atom stereocenters. The molecule has 1 amide bonds. The van der Waals surface area contributed by atoms with E-state index in [0.717, 1.165) is 17.1 Å². The monoisotopic (exact) mass is 417 g/mol. The number of carbonyl (C=O) groups excluding carboxylic acids is 1. The number of aromatic amines is 1. The van der Waals surface area contributed by atoms with Gasteiger partial charge in [-0.2, -0.15) is 0 Å². The quantitative estimate of drug-likeness (QED) is 0.474. The zero-order valence-electron chi connectivity index (χ0n) is 16.2. The standard InChI is InChI=1S/C23H19N3O3S/c1-26-22(28)19-12-9-16(13-20(19)25-23(26)30)21(27)24-14-15-7-10-18(11-8-15)29-17-5-3-2-4-6-17/h2-13H,14H2,1H3,(H,24,27)(H,25,30). The van der Waals surface area contributed by atoms with Gasteiger partial charge in [0.25, 0.3) is 11.5 Å². The molecule has 150 valence electrons. The van der Waals surface area contributed by atoms with Crippen LogP contribution < -0.4 is 15.6 Å². The van der Waals surface area contributed by atoms with Crippen LogP contribution in [0.4, 0.5) is 0 Å². The van der Waals surface area contributed by atoms with Crippen molar-refractivity contribution in [2.24, 2.45) is 7.05 Å². The van der Waals surface area contributed by atoms with Gasteiger partial charge >= 0.3 is 0 Å². The Morgan fingerprint density at radius 1 is 1.03 bits per heavy atom. The van der Waals surface area contributed by atoms with Crippen molar-refractivity contribution in [3.63, 3.8) is 0 Å². The van der Waals surface area contributed by atoms with Crippen molar-refractivity contribution < 1.29 is 9.53 Å². The summed E-state index contributed by atoms with van der Waals surface area (Å²) in [5.41, 5.74) is 1.74. The Balaban J connectivity index is 1.43. The number of ether oxygens (including phenoxy) is 1. The highest BCUT2D eigenvalue weighted by Crippen LogP contribution is 2.21. The molecule has 4 aromatic rings. The first-order valence-corrected chi connectivity index (χ1v) is 9.75. The minimum absolute atomic E-state index is 0.196. The summed E-state index contributed by atoms with van der Waals surface area (Å²) in [6, 6.07) is 22.0. The molecule has 6 nitrogen and oxygen atoms in total. The number of fused-ring (bicyclic) bond motifs is 1. The zero-order valence-corrected chi connectivity index (χ0v) is 17.0. The summed E-state index contributed by atoms with van der Waals surface area (Å²) in [6.45, 7) is 0.370. The maximum atomic E-state index is 12.5. The van der Waals surface area contributed by atoms with Crippen molar-refractivity contribution in [1.29, 1.82) is 0 Å². The van der Waals surface area contributed by atoms with Crippen LogP contribution >= 0.6 is 12.2 Å². The number of carbonyl (C=O) groups is 1. The van der Waals surface area contributed by atoms with E-state index in [2.05, 4.69) is 10.3 Å². The van der Waals surface area contributed by atoms with Gasteiger partial charge in [0.05, 0.1) is 10.9 Å². The van der Waals surface area contributed by atoms with Crippen molar-refractivity contribution in [2.45, 2.75) is 6.54 Å². The smallest absolute Gasteiger partial charge is 0.261 e. The summed E-state index contributed by atoms with van der Waals surface area (Å²) in [7, 11) is 1.61. The SMILES string of the molecule is Cn1c(=S)[nH]c2cc(C(=O)NCc3ccc(Oc4ccccc4)cc3)ccc2c1=O. The average Bonchev–Trinajstić information content (AvgIpc) is 2.77. The molecule has 0 bridgehead atoms. The Labute approximate surface area is 177 Å². The van der Waals surface area contributed by atoms with Crippen molar-refractivity contribution in [2.75, 3.05) is 0 Å². The largest absolute Gasteiger partial charge is 0.457 e. The molecule has 0 aliphatic heterocycles. The van der Waals surface area contributed by atoms with E-state index in [1.165, 1.54) is 4.57 Å². The van der Waals surface area contributed by atoms with E-state index in [1.54, 1.807) is 25.2 Å². The van der Waals surface area contributed by atoms with Gasteiger partial charge in [0.15, 0.2) is 4.77 Å². The number of aromatic nitrogens is 2. The number of rotatable bonds is 5. The molecular weight excluding hydrogens is 398 g/mol. The molecule has 0 spiro atoms. The van der Waals surface area contributed by atoms with E-state index < -0.39 is 0 Å². The van der Waals surface area contributed by atoms with Crippen LogP contribution in [-0.2, 0) is 13.6 Å². The van der Waals surface area contributed by atoms with Crippen molar-refractivity contribution in [1.82, 2.24) is 14.9 Å². The molecule has 30 heavy (non-hydrogen) atoms. The van der Waals surface area contributed by atoms with Gasteiger partial charge in [-0.1, -0.05) is 30.3 Å². The lowest BCUT2D eigenvalue weighted by Crippen LogP contribution is -2.23. The number of para-hydroxylation sites is 1. The van der Waals surface area contributed by atoms with Gasteiger partial charge in [0.2, 0.25) is 0 Å². The molecule has 0 radical (unpaired) electrons. The van der Waals surface area contributed by atoms with E-state index in [9.17, 15) is 9.59 Å². The van der Waals surface area contributed by atoms with Crippen molar-refractivity contribution >= 4 is 29.0 Å². The molecule has 0 aliphatic carbocycles. The van der Waals surface area contributed by atoms with Crippen LogP contribution in [0.1, 0.15) is 15.9 Å². The van der Waals surface area contributed by atoms with Gasteiger partial charge < -0.3 is 15.0 Å². The second-order valence-electron chi connectivity index (χ2n) is 6.80. The highest BCUT2D eigenvalue weighted by molar-refractivity contribution is 7.71. The molecule has 0 saturated carbocycles. The van der Waals surface area contributed by atoms with Crippen LogP contribution in [0.25, 0.3) is 10.9 Å². The van der Waals surface area contributed by atoms with Gasteiger partial charge in [-0.25, -0.2) is 0 Å². The van der Waals surface area contributed by atoms with Gasteiger partial charge in [-0.3, -0.25) is 14.2 Å². The molecule has 1 heterocycles. The van der Waals surface area contributed by atoms with Gasteiger partial charge in [-0.15, -0.1) is 0 Å². The molecular formula is C23H19N3O3S. The van der Waals surface area contributed by atoms with Crippen LogP contribution in [0.2, 0.25) is 0 Å². The highest BCUT2D eigenvalue weighted by Gasteiger charge is 2.09.